The fraction of sp³-hybridized carbons (Fsp3) is 0.167. The normalized spacial score (nSPS) is 11.2. The molecule has 2 aromatic heterocycles. The molecule has 23 heavy (non-hydrogen) atoms. The van der Waals surface area contributed by atoms with E-state index in [1.165, 1.54) is 0 Å². The Balaban J connectivity index is 2.03. The van der Waals surface area contributed by atoms with Gasteiger partial charge in [0.25, 0.3) is 0 Å². The van der Waals surface area contributed by atoms with Gasteiger partial charge in [-0.1, -0.05) is 31.2 Å². The van der Waals surface area contributed by atoms with Crippen molar-refractivity contribution in [2.45, 2.75) is 13.3 Å². The van der Waals surface area contributed by atoms with Crippen LogP contribution in [0.5, 0.6) is 5.75 Å². The average Bonchev–Trinajstić information content (AvgIpc) is 3.10. The standard InChI is InChI=1S/C18H16N4O/c1-3-15-18-21-19-11-22(18)16-6-4-5-14(17(16)20-15)12-7-9-13(23-2)10-8-12/h4-11H,3H2,1-2H3. The maximum absolute atomic E-state index is 5.24. The quantitative estimate of drug-likeness (QED) is 0.581. The Bertz CT molecular complexity index is 989. The molecule has 0 unspecified atom stereocenters. The predicted molar refractivity (Wildman–Crippen MR) is 89.7 cm³/mol. The fourth-order valence-corrected chi connectivity index (χ4v) is 2.88. The second-order valence-electron chi connectivity index (χ2n) is 5.34. The van der Waals surface area contributed by atoms with E-state index in [1.54, 1.807) is 13.4 Å². The molecule has 5 nitrogen and oxygen atoms in total. The number of methoxy groups -OCH3 is 1. The first-order valence-corrected chi connectivity index (χ1v) is 7.57. The van der Waals surface area contributed by atoms with Crippen LogP contribution in [-0.2, 0) is 6.42 Å². The smallest absolute Gasteiger partial charge is 0.182 e. The Hall–Kier alpha value is -2.95. The van der Waals surface area contributed by atoms with Crippen molar-refractivity contribution < 1.29 is 4.74 Å². The molecule has 2 aromatic carbocycles. The molecule has 0 fully saturated rings. The van der Waals surface area contributed by atoms with Gasteiger partial charge in [0.1, 0.15) is 12.1 Å². The minimum absolute atomic E-state index is 0.815. The summed E-state index contributed by atoms with van der Waals surface area (Å²) in [5.74, 6) is 0.845. The third-order valence-electron chi connectivity index (χ3n) is 4.06. The maximum atomic E-state index is 5.24. The summed E-state index contributed by atoms with van der Waals surface area (Å²) in [6.45, 7) is 2.08. The van der Waals surface area contributed by atoms with Crippen LogP contribution >= 0.6 is 0 Å². The van der Waals surface area contributed by atoms with Crippen molar-refractivity contribution in [3.05, 3.63) is 54.5 Å². The zero-order valence-corrected chi connectivity index (χ0v) is 13.0. The number of nitrogens with zero attached hydrogens (tertiary/aromatic N) is 4. The molecule has 0 spiro atoms. The molecule has 0 aliphatic carbocycles. The Morgan fingerprint density at radius 3 is 2.65 bits per heavy atom. The molecule has 0 amide bonds. The Morgan fingerprint density at radius 2 is 1.91 bits per heavy atom. The highest BCUT2D eigenvalue weighted by molar-refractivity contribution is 5.93. The van der Waals surface area contributed by atoms with Gasteiger partial charge >= 0.3 is 0 Å². The SMILES string of the molecule is CCc1nc2c(-c3ccc(OC)cc3)cccc2n2cnnc12. The first kappa shape index (κ1) is 13.7. The zero-order chi connectivity index (χ0) is 15.8. The summed E-state index contributed by atoms with van der Waals surface area (Å²) in [7, 11) is 1.67. The molecule has 0 bridgehead atoms. The zero-order valence-electron chi connectivity index (χ0n) is 13.0. The molecule has 2 heterocycles. The van der Waals surface area contributed by atoms with Gasteiger partial charge in [0, 0.05) is 5.56 Å². The fourth-order valence-electron chi connectivity index (χ4n) is 2.88. The monoisotopic (exact) mass is 304 g/mol. The van der Waals surface area contributed by atoms with E-state index in [0.717, 1.165) is 45.7 Å². The van der Waals surface area contributed by atoms with Gasteiger partial charge in [0.15, 0.2) is 5.65 Å². The number of fused-ring (bicyclic) bond motifs is 3. The van der Waals surface area contributed by atoms with E-state index in [0.29, 0.717) is 0 Å². The molecule has 0 aliphatic heterocycles. The summed E-state index contributed by atoms with van der Waals surface area (Å²) in [6.07, 6.45) is 2.56. The summed E-state index contributed by atoms with van der Waals surface area (Å²) in [5, 5.41) is 8.24. The number of aryl methyl sites for hydroxylation is 1. The van der Waals surface area contributed by atoms with Crippen molar-refractivity contribution in [1.82, 2.24) is 19.6 Å². The summed E-state index contributed by atoms with van der Waals surface area (Å²) in [4.78, 5) is 4.86. The minimum Gasteiger partial charge on any atom is -0.497 e. The Morgan fingerprint density at radius 1 is 1.09 bits per heavy atom. The largest absolute Gasteiger partial charge is 0.497 e. The van der Waals surface area contributed by atoms with Gasteiger partial charge in [-0.2, -0.15) is 0 Å². The van der Waals surface area contributed by atoms with E-state index in [-0.39, 0.29) is 0 Å². The number of para-hydroxylation sites is 1. The molecule has 4 aromatic rings. The van der Waals surface area contributed by atoms with E-state index in [1.807, 2.05) is 28.7 Å². The molecule has 114 valence electrons. The lowest BCUT2D eigenvalue weighted by Crippen LogP contribution is -1.99. The van der Waals surface area contributed by atoms with E-state index in [9.17, 15) is 0 Å². The van der Waals surface area contributed by atoms with Gasteiger partial charge in [-0.15, -0.1) is 10.2 Å². The van der Waals surface area contributed by atoms with Crippen molar-refractivity contribution in [1.29, 1.82) is 0 Å². The van der Waals surface area contributed by atoms with Crippen LogP contribution in [0.2, 0.25) is 0 Å². The molecule has 4 rings (SSSR count). The number of hydrogen-bond acceptors (Lipinski definition) is 4. The van der Waals surface area contributed by atoms with Crippen molar-refractivity contribution >= 4 is 16.7 Å². The van der Waals surface area contributed by atoms with Crippen LogP contribution in [0.1, 0.15) is 12.6 Å². The molecule has 0 radical (unpaired) electrons. The van der Waals surface area contributed by atoms with Crippen LogP contribution in [0.3, 0.4) is 0 Å². The highest BCUT2D eigenvalue weighted by atomic mass is 16.5. The van der Waals surface area contributed by atoms with Crippen molar-refractivity contribution in [2.75, 3.05) is 7.11 Å². The van der Waals surface area contributed by atoms with E-state index in [2.05, 4.69) is 35.3 Å². The second kappa shape index (κ2) is 5.35. The first-order valence-electron chi connectivity index (χ1n) is 7.57. The van der Waals surface area contributed by atoms with E-state index >= 15 is 0 Å². The summed E-state index contributed by atoms with van der Waals surface area (Å²) in [6, 6.07) is 14.2. The van der Waals surface area contributed by atoms with Crippen LogP contribution in [0, 0.1) is 0 Å². The van der Waals surface area contributed by atoms with Gasteiger partial charge in [-0.05, 0) is 30.2 Å². The van der Waals surface area contributed by atoms with Crippen molar-refractivity contribution in [3.63, 3.8) is 0 Å². The third-order valence-corrected chi connectivity index (χ3v) is 4.06. The highest BCUT2D eigenvalue weighted by Crippen LogP contribution is 2.29. The van der Waals surface area contributed by atoms with Gasteiger partial charge in [0.2, 0.25) is 0 Å². The number of ether oxygens (including phenoxy) is 1. The van der Waals surface area contributed by atoms with E-state index in [4.69, 9.17) is 9.72 Å². The Kier molecular flexibility index (Phi) is 3.19. The topological polar surface area (TPSA) is 52.3 Å². The maximum Gasteiger partial charge on any atom is 0.182 e. The molecule has 0 saturated carbocycles. The summed E-state index contributed by atoms with van der Waals surface area (Å²) in [5.41, 5.74) is 5.95. The van der Waals surface area contributed by atoms with Gasteiger partial charge in [-0.25, -0.2) is 4.98 Å². The molecular weight excluding hydrogens is 288 g/mol. The average molecular weight is 304 g/mol. The molecule has 0 N–H and O–H groups in total. The van der Waals surface area contributed by atoms with Crippen LogP contribution in [0.25, 0.3) is 27.8 Å². The lowest BCUT2D eigenvalue weighted by molar-refractivity contribution is 0.415. The number of aromatic nitrogens is 4. The number of benzene rings is 2. The highest BCUT2D eigenvalue weighted by Gasteiger charge is 2.12. The van der Waals surface area contributed by atoms with Crippen LogP contribution in [0.15, 0.2) is 48.8 Å². The van der Waals surface area contributed by atoms with Crippen molar-refractivity contribution in [3.8, 4) is 16.9 Å². The molecule has 0 aliphatic rings. The van der Waals surface area contributed by atoms with E-state index < -0.39 is 0 Å². The van der Waals surface area contributed by atoms with Crippen LogP contribution < -0.4 is 4.74 Å². The van der Waals surface area contributed by atoms with Crippen molar-refractivity contribution in [2.24, 2.45) is 0 Å². The third kappa shape index (κ3) is 2.12. The van der Waals surface area contributed by atoms with Gasteiger partial charge in [0.05, 0.1) is 23.8 Å². The molecule has 5 heteroatoms. The van der Waals surface area contributed by atoms with Gasteiger partial charge in [-0.3, -0.25) is 4.40 Å². The lowest BCUT2D eigenvalue weighted by Gasteiger charge is -2.10. The molecule has 0 saturated heterocycles. The predicted octanol–water partition coefficient (Wildman–Crippen LogP) is 3.52. The molecular formula is C18H16N4O. The van der Waals surface area contributed by atoms with Gasteiger partial charge < -0.3 is 4.74 Å². The number of hydrogen-bond donors (Lipinski definition) is 0. The lowest BCUT2D eigenvalue weighted by atomic mass is 10.0. The second-order valence-corrected chi connectivity index (χ2v) is 5.34. The number of rotatable bonds is 3. The summed E-state index contributed by atoms with van der Waals surface area (Å²) >= 11 is 0. The minimum atomic E-state index is 0.815. The van der Waals surface area contributed by atoms with Crippen LogP contribution in [-0.4, -0.2) is 26.7 Å². The molecule has 0 atom stereocenters. The summed E-state index contributed by atoms with van der Waals surface area (Å²) < 4.78 is 7.25. The van der Waals surface area contributed by atoms with Crippen LogP contribution in [0.4, 0.5) is 0 Å². The Labute approximate surface area is 133 Å². The first-order chi connectivity index (χ1) is 11.3.